The van der Waals surface area contributed by atoms with Crippen LogP contribution in [0.25, 0.3) is 0 Å². The average molecular weight is 244 g/mol. The number of methoxy groups -OCH3 is 1. The van der Waals surface area contributed by atoms with Gasteiger partial charge in [-0.1, -0.05) is 12.1 Å². The van der Waals surface area contributed by atoms with E-state index >= 15 is 0 Å². The topological polar surface area (TPSA) is 87.0 Å². The van der Waals surface area contributed by atoms with Crippen molar-refractivity contribution in [3.8, 4) is 5.75 Å². The number of aryl methyl sites for hydroxylation is 1. The Morgan fingerprint density at radius 1 is 1.28 bits per heavy atom. The van der Waals surface area contributed by atoms with Crippen LogP contribution in [-0.2, 0) is 6.42 Å². The number of aromatic nitrogens is 2. The number of nitrogen functional groups attached to an aromatic ring is 2. The lowest BCUT2D eigenvalue weighted by Gasteiger charge is -2.09. The van der Waals surface area contributed by atoms with Gasteiger partial charge in [-0.05, 0) is 24.1 Å². The first-order valence-electron chi connectivity index (χ1n) is 5.60. The first-order chi connectivity index (χ1) is 8.60. The molecule has 0 unspecified atom stereocenters. The molecule has 2 aromatic rings. The van der Waals surface area contributed by atoms with Gasteiger partial charge >= 0.3 is 0 Å². The van der Waals surface area contributed by atoms with E-state index in [1.165, 1.54) is 0 Å². The Bertz CT molecular complexity index is 569. The van der Waals surface area contributed by atoms with Crippen molar-refractivity contribution in [2.45, 2.75) is 13.3 Å². The molecule has 5 heteroatoms. The second-order valence-electron chi connectivity index (χ2n) is 4.12. The Hall–Kier alpha value is -2.30. The van der Waals surface area contributed by atoms with E-state index in [-0.39, 0.29) is 5.95 Å². The largest absolute Gasteiger partial charge is 0.496 e. The number of nitrogens with two attached hydrogens (primary N) is 2. The summed E-state index contributed by atoms with van der Waals surface area (Å²) in [6.45, 7) is 2.00. The molecule has 1 aromatic heterocycles. The second-order valence-corrected chi connectivity index (χ2v) is 4.12. The average Bonchev–Trinajstić information content (AvgIpc) is 2.35. The molecule has 0 saturated carbocycles. The minimum absolute atomic E-state index is 0.192. The van der Waals surface area contributed by atoms with Gasteiger partial charge in [0.2, 0.25) is 5.95 Å². The summed E-state index contributed by atoms with van der Waals surface area (Å²) in [5.74, 6) is 1.47. The molecule has 1 aromatic carbocycles. The summed E-state index contributed by atoms with van der Waals surface area (Å²) in [7, 11) is 1.66. The molecule has 18 heavy (non-hydrogen) atoms. The van der Waals surface area contributed by atoms with Crippen LogP contribution in [0.4, 0.5) is 11.8 Å². The molecule has 94 valence electrons. The maximum Gasteiger partial charge on any atom is 0.221 e. The zero-order valence-corrected chi connectivity index (χ0v) is 10.5. The second kappa shape index (κ2) is 4.91. The van der Waals surface area contributed by atoms with Crippen LogP contribution in [0.2, 0.25) is 0 Å². The molecular weight excluding hydrogens is 228 g/mol. The summed E-state index contributed by atoms with van der Waals surface area (Å²) >= 11 is 0. The highest BCUT2D eigenvalue weighted by Gasteiger charge is 2.06. The number of rotatable bonds is 3. The number of nitrogens with zero attached hydrogens (tertiary/aromatic N) is 2. The molecule has 0 aliphatic rings. The van der Waals surface area contributed by atoms with Crippen molar-refractivity contribution < 1.29 is 4.74 Å². The summed E-state index contributed by atoms with van der Waals surface area (Å²) in [5.41, 5.74) is 14.3. The molecule has 0 aliphatic heterocycles. The summed E-state index contributed by atoms with van der Waals surface area (Å²) in [6, 6.07) is 6.04. The third-order valence-corrected chi connectivity index (χ3v) is 2.78. The van der Waals surface area contributed by atoms with E-state index in [1.54, 1.807) is 13.3 Å². The lowest BCUT2D eigenvalue weighted by atomic mass is 10.0. The van der Waals surface area contributed by atoms with Crippen molar-refractivity contribution in [3.05, 3.63) is 41.1 Å². The van der Waals surface area contributed by atoms with Crippen molar-refractivity contribution in [1.29, 1.82) is 0 Å². The van der Waals surface area contributed by atoms with E-state index in [4.69, 9.17) is 16.2 Å². The Morgan fingerprint density at radius 2 is 2.06 bits per heavy atom. The quantitative estimate of drug-likeness (QED) is 0.855. The van der Waals surface area contributed by atoms with Gasteiger partial charge in [0.1, 0.15) is 11.6 Å². The number of hydrogen-bond acceptors (Lipinski definition) is 5. The summed E-state index contributed by atoms with van der Waals surface area (Å²) < 4.78 is 5.29. The third kappa shape index (κ3) is 2.51. The molecule has 0 fully saturated rings. The molecule has 5 nitrogen and oxygen atoms in total. The van der Waals surface area contributed by atoms with Crippen LogP contribution in [0, 0.1) is 6.92 Å². The van der Waals surface area contributed by atoms with Gasteiger partial charge in [-0.15, -0.1) is 0 Å². The van der Waals surface area contributed by atoms with Gasteiger partial charge in [-0.3, -0.25) is 0 Å². The van der Waals surface area contributed by atoms with Gasteiger partial charge in [0.25, 0.3) is 0 Å². The number of hydrogen-bond donors (Lipinski definition) is 2. The maximum atomic E-state index is 5.81. The predicted molar refractivity (Wildman–Crippen MR) is 71.4 cm³/mol. The van der Waals surface area contributed by atoms with Crippen molar-refractivity contribution in [2.75, 3.05) is 18.6 Å². The van der Waals surface area contributed by atoms with Crippen molar-refractivity contribution in [1.82, 2.24) is 9.97 Å². The zero-order chi connectivity index (χ0) is 13.1. The summed E-state index contributed by atoms with van der Waals surface area (Å²) in [4.78, 5) is 7.89. The molecule has 0 atom stereocenters. The van der Waals surface area contributed by atoms with Crippen LogP contribution >= 0.6 is 0 Å². The van der Waals surface area contributed by atoms with Crippen molar-refractivity contribution in [2.24, 2.45) is 0 Å². The first-order valence-corrected chi connectivity index (χ1v) is 5.60. The van der Waals surface area contributed by atoms with E-state index in [9.17, 15) is 0 Å². The SMILES string of the molecule is COc1cc(Cc2cnc(N)nc2N)ccc1C. The number of anilines is 2. The Labute approximate surface area is 106 Å². The van der Waals surface area contributed by atoms with Gasteiger partial charge in [-0.25, -0.2) is 4.98 Å². The monoisotopic (exact) mass is 244 g/mol. The highest BCUT2D eigenvalue weighted by molar-refractivity contribution is 5.45. The molecule has 4 N–H and O–H groups in total. The fourth-order valence-electron chi connectivity index (χ4n) is 1.76. The van der Waals surface area contributed by atoms with Gasteiger partial charge in [-0.2, -0.15) is 4.98 Å². The summed E-state index contributed by atoms with van der Waals surface area (Å²) in [5, 5.41) is 0. The molecular formula is C13H16N4O. The molecule has 0 radical (unpaired) electrons. The molecule has 0 aliphatic carbocycles. The molecule has 2 rings (SSSR count). The van der Waals surface area contributed by atoms with Crippen LogP contribution in [0.15, 0.2) is 24.4 Å². The predicted octanol–water partition coefficient (Wildman–Crippen LogP) is 1.55. The van der Waals surface area contributed by atoms with Gasteiger partial charge in [0, 0.05) is 18.2 Å². The Balaban J connectivity index is 2.28. The highest BCUT2D eigenvalue weighted by atomic mass is 16.5. The Morgan fingerprint density at radius 3 is 2.72 bits per heavy atom. The van der Waals surface area contributed by atoms with E-state index in [0.29, 0.717) is 12.2 Å². The van der Waals surface area contributed by atoms with E-state index in [0.717, 1.165) is 22.4 Å². The molecule has 0 bridgehead atoms. The van der Waals surface area contributed by atoms with E-state index < -0.39 is 0 Å². The van der Waals surface area contributed by atoms with Crippen molar-refractivity contribution >= 4 is 11.8 Å². The minimum atomic E-state index is 0.192. The van der Waals surface area contributed by atoms with Gasteiger partial charge < -0.3 is 16.2 Å². The molecule has 1 heterocycles. The normalized spacial score (nSPS) is 10.3. The van der Waals surface area contributed by atoms with Crippen LogP contribution in [0.5, 0.6) is 5.75 Å². The molecule has 0 saturated heterocycles. The lowest BCUT2D eigenvalue weighted by Crippen LogP contribution is -2.04. The van der Waals surface area contributed by atoms with Crippen LogP contribution in [0.1, 0.15) is 16.7 Å². The van der Waals surface area contributed by atoms with Crippen LogP contribution in [-0.4, -0.2) is 17.1 Å². The first kappa shape index (κ1) is 12.2. The standard InChI is InChI=1S/C13H16N4O/c1-8-3-4-9(6-11(8)18-2)5-10-7-16-13(15)17-12(10)14/h3-4,6-7H,5H2,1-2H3,(H4,14,15,16,17). The van der Waals surface area contributed by atoms with Gasteiger partial charge in [0.05, 0.1) is 7.11 Å². The van der Waals surface area contributed by atoms with Crippen LogP contribution < -0.4 is 16.2 Å². The molecule has 0 spiro atoms. The molecule has 0 amide bonds. The third-order valence-electron chi connectivity index (χ3n) is 2.78. The van der Waals surface area contributed by atoms with Crippen molar-refractivity contribution in [3.63, 3.8) is 0 Å². The fraction of sp³-hybridized carbons (Fsp3) is 0.231. The Kier molecular flexibility index (Phi) is 3.32. The van der Waals surface area contributed by atoms with Crippen LogP contribution in [0.3, 0.4) is 0 Å². The fourth-order valence-corrected chi connectivity index (χ4v) is 1.76. The number of ether oxygens (including phenoxy) is 1. The minimum Gasteiger partial charge on any atom is -0.496 e. The summed E-state index contributed by atoms with van der Waals surface area (Å²) in [6.07, 6.45) is 2.31. The van der Waals surface area contributed by atoms with Gasteiger partial charge in [0.15, 0.2) is 0 Å². The highest BCUT2D eigenvalue weighted by Crippen LogP contribution is 2.22. The number of benzene rings is 1. The maximum absolute atomic E-state index is 5.81. The van der Waals surface area contributed by atoms with E-state index in [2.05, 4.69) is 9.97 Å². The van der Waals surface area contributed by atoms with E-state index in [1.807, 2.05) is 25.1 Å². The lowest BCUT2D eigenvalue weighted by molar-refractivity contribution is 0.411. The smallest absolute Gasteiger partial charge is 0.221 e. The zero-order valence-electron chi connectivity index (χ0n) is 10.5.